The Morgan fingerprint density at radius 1 is 1.19 bits per heavy atom. The second-order valence-electron chi connectivity index (χ2n) is 2.99. The fourth-order valence-corrected chi connectivity index (χ4v) is 1.55. The van der Waals surface area contributed by atoms with Gasteiger partial charge in [0.2, 0.25) is 0 Å². The van der Waals surface area contributed by atoms with E-state index in [1.165, 1.54) is 0 Å². The SMILES string of the molecule is CC.COC.Cc1cc(Br)c(C)c(C=O)c1. The van der Waals surface area contributed by atoms with Crippen molar-refractivity contribution >= 4 is 22.2 Å². The monoisotopic (exact) mass is 288 g/mol. The first kappa shape index (κ1) is 17.7. The molecule has 1 aromatic rings. The van der Waals surface area contributed by atoms with E-state index < -0.39 is 0 Å². The summed E-state index contributed by atoms with van der Waals surface area (Å²) in [6.07, 6.45) is 0.882. The third kappa shape index (κ3) is 6.75. The lowest BCUT2D eigenvalue weighted by atomic mass is 10.1. The lowest BCUT2D eigenvalue weighted by Gasteiger charge is -2.02. The van der Waals surface area contributed by atoms with Crippen LogP contribution < -0.4 is 0 Å². The van der Waals surface area contributed by atoms with Crippen LogP contribution in [0.25, 0.3) is 0 Å². The van der Waals surface area contributed by atoms with Gasteiger partial charge in [-0.25, -0.2) is 0 Å². The van der Waals surface area contributed by atoms with Crippen molar-refractivity contribution in [2.24, 2.45) is 0 Å². The van der Waals surface area contributed by atoms with Gasteiger partial charge in [-0.15, -0.1) is 0 Å². The number of hydrogen-bond acceptors (Lipinski definition) is 2. The normalized spacial score (nSPS) is 8.19. The van der Waals surface area contributed by atoms with E-state index in [4.69, 9.17) is 0 Å². The standard InChI is InChI=1S/C9H9BrO.C2H6O.C2H6/c1-6-3-8(5-11)7(2)9(10)4-6;1-3-2;1-2/h3-5H,1-2H3;1-2H3;1-2H3. The van der Waals surface area contributed by atoms with E-state index in [-0.39, 0.29) is 0 Å². The Balaban J connectivity index is 0. The van der Waals surface area contributed by atoms with Crippen molar-refractivity contribution in [1.29, 1.82) is 0 Å². The molecule has 0 aliphatic carbocycles. The van der Waals surface area contributed by atoms with Crippen LogP contribution in [0.3, 0.4) is 0 Å². The summed E-state index contributed by atoms with van der Waals surface area (Å²) in [5.41, 5.74) is 2.87. The lowest BCUT2D eigenvalue weighted by molar-refractivity contribution is 0.112. The first-order valence-electron chi connectivity index (χ1n) is 5.18. The van der Waals surface area contributed by atoms with Crippen LogP contribution in [0.1, 0.15) is 35.3 Å². The van der Waals surface area contributed by atoms with E-state index in [1.54, 1.807) is 14.2 Å². The molecule has 0 saturated carbocycles. The molecule has 16 heavy (non-hydrogen) atoms. The Hall–Kier alpha value is -0.670. The molecule has 0 aliphatic heterocycles. The molecule has 1 aromatic carbocycles. The molecule has 0 atom stereocenters. The van der Waals surface area contributed by atoms with Crippen molar-refractivity contribution in [3.05, 3.63) is 33.3 Å². The van der Waals surface area contributed by atoms with E-state index in [0.29, 0.717) is 0 Å². The average Bonchev–Trinajstić information content (AvgIpc) is 2.27. The maximum Gasteiger partial charge on any atom is 0.150 e. The topological polar surface area (TPSA) is 26.3 Å². The molecule has 0 fully saturated rings. The minimum Gasteiger partial charge on any atom is -0.388 e. The Labute approximate surface area is 107 Å². The van der Waals surface area contributed by atoms with Crippen molar-refractivity contribution < 1.29 is 9.53 Å². The van der Waals surface area contributed by atoms with Gasteiger partial charge >= 0.3 is 0 Å². The number of ether oxygens (including phenoxy) is 1. The number of hydrogen-bond donors (Lipinski definition) is 0. The third-order valence-corrected chi connectivity index (χ3v) is 2.48. The number of methoxy groups -OCH3 is 1. The van der Waals surface area contributed by atoms with E-state index in [2.05, 4.69) is 20.7 Å². The molecule has 0 aromatic heterocycles. The molecule has 2 nitrogen and oxygen atoms in total. The molecule has 92 valence electrons. The van der Waals surface area contributed by atoms with Gasteiger partial charge in [0.1, 0.15) is 6.29 Å². The predicted molar refractivity (Wildman–Crippen MR) is 73.3 cm³/mol. The number of benzene rings is 1. The zero-order valence-electron chi connectivity index (χ0n) is 10.9. The van der Waals surface area contributed by atoms with Gasteiger partial charge in [-0.2, -0.15) is 0 Å². The van der Waals surface area contributed by atoms with Crippen LogP contribution in [0, 0.1) is 13.8 Å². The molecular weight excluding hydrogens is 268 g/mol. The highest BCUT2D eigenvalue weighted by molar-refractivity contribution is 9.10. The summed E-state index contributed by atoms with van der Waals surface area (Å²) >= 11 is 3.38. The van der Waals surface area contributed by atoms with E-state index in [1.807, 2.05) is 39.8 Å². The first-order valence-corrected chi connectivity index (χ1v) is 5.98. The zero-order valence-corrected chi connectivity index (χ0v) is 12.5. The molecule has 0 radical (unpaired) electrons. The molecule has 3 heteroatoms. The smallest absolute Gasteiger partial charge is 0.150 e. The fraction of sp³-hybridized carbons (Fsp3) is 0.462. The largest absolute Gasteiger partial charge is 0.388 e. The molecule has 0 unspecified atom stereocenters. The molecule has 0 aliphatic rings. The Kier molecular flexibility index (Phi) is 12.0. The predicted octanol–water partition coefficient (Wildman–Crippen LogP) is 4.17. The number of aldehydes is 1. The molecular formula is C13H21BrO2. The van der Waals surface area contributed by atoms with Gasteiger partial charge in [0.05, 0.1) is 0 Å². The van der Waals surface area contributed by atoms with Gasteiger partial charge in [-0.3, -0.25) is 4.79 Å². The van der Waals surface area contributed by atoms with E-state index in [9.17, 15) is 4.79 Å². The van der Waals surface area contributed by atoms with E-state index >= 15 is 0 Å². The Bertz CT molecular complexity index is 309. The molecule has 0 heterocycles. The first-order chi connectivity index (χ1) is 7.56. The van der Waals surface area contributed by atoms with Gasteiger partial charge < -0.3 is 4.74 Å². The summed E-state index contributed by atoms with van der Waals surface area (Å²) in [6.45, 7) is 7.89. The Morgan fingerprint density at radius 2 is 1.62 bits per heavy atom. The van der Waals surface area contributed by atoms with Gasteiger partial charge in [0, 0.05) is 24.3 Å². The summed E-state index contributed by atoms with van der Waals surface area (Å²) in [5, 5.41) is 0. The van der Waals surface area contributed by atoms with Crippen molar-refractivity contribution in [2.75, 3.05) is 14.2 Å². The quantitative estimate of drug-likeness (QED) is 0.725. The van der Waals surface area contributed by atoms with Gasteiger partial charge in [0.15, 0.2) is 0 Å². The van der Waals surface area contributed by atoms with Crippen LogP contribution in [0.4, 0.5) is 0 Å². The summed E-state index contributed by atoms with van der Waals surface area (Å²) in [6, 6.07) is 3.88. The van der Waals surface area contributed by atoms with Crippen molar-refractivity contribution in [1.82, 2.24) is 0 Å². The van der Waals surface area contributed by atoms with Gasteiger partial charge in [-0.1, -0.05) is 29.8 Å². The molecule has 0 amide bonds. The third-order valence-electron chi connectivity index (χ3n) is 1.66. The highest BCUT2D eigenvalue weighted by Crippen LogP contribution is 2.20. The highest BCUT2D eigenvalue weighted by Gasteiger charge is 2.01. The van der Waals surface area contributed by atoms with Gasteiger partial charge in [0.25, 0.3) is 0 Å². The number of halogens is 1. The second kappa shape index (κ2) is 10.8. The van der Waals surface area contributed by atoms with E-state index in [0.717, 1.165) is 27.4 Å². The molecule has 0 N–H and O–H groups in total. The van der Waals surface area contributed by atoms with Crippen LogP contribution in [-0.4, -0.2) is 20.5 Å². The van der Waals surface area contributed by atoms with Crippen LogP contribution in [0.5, 0.6) is 0 Å². The van der Waals surface area contributed by atoms with Crippen molar-refractivity contribution in [3.8, 4) is 0 Å². The van der Waals surface area contributed by atoms with Crippen LogP contribution in [0.2, 0.25) is 0 Å². The van der Waals surface area contributed by atoms with Gasteiger partial charge in [-0.05, 0) is 37.1 Å². The number of carbonyl (C=O) groups is 1. The maximum absolute atomic E-state index is 10.5. The minimum absolute atomic E-state index is 0.761. The summed E-state index contributed by atoms with van der Waals surface area (Å²) in [4.78, 5) is 10.5. The highest BCUT2D eigenvalue weighted by atomic mass is 79.9. The molecule has 0 spiro atoms. The summed E-state index contributed by atoms with van der Waals surface area (Å²) < 4.78 is 5.25. The minimum atomic E-state index is 0.761. The molecule has 0 saturated heterocycles. The van der Waals surface area contributed by atoms with Crippen molar-refractivity contribution in [3.63, 3.8) is 0 Å². The summed E-state index contributed by atoms with van der Waals surface area (Å²) in [7, 11) is 3.25. The average molecular weight is 289 g/mol. The summed E-state index contributed by atoms with van der Waals surface area (Å²) in [5.74, 6) is 0. The Morgan fingerprint density at radius 3 is 2.00 bits per heavy atom. The molecule has 1 rings (SSSR count). The second-order valence-corrected chi connectivity index (χ2v) is 3.84. The number of carbonyl (C=O) groups excluding carboxylic acids is 1. The van der Waals surface area contributed by atoms with Crippen LogP contribution >= 0.6 is 15.9 Å². The zero-order chi connectivity index (χ0) is 13.1. The molecule has 0 bridgehead atoms. The van der Waals surface area contributed by atoms with Crippen LogP contribution in [-0.2, 0) is 4.74 Å². The number of rotatable bonds is 1. The fourth-order valence-electron chi connectivity index (χ4n) is 0.964. The number of aryl methyl sites for hydroxylation is 1. The lowest BCUT2D eigenvalue weighted by Crippen LogP contribution is -1.88. The van der Waals surface area contributed by atoms with Crippen LogP contribution in [0.15, 0.2) is 16.6 Å². The van der Waals surface area contributed by atoms with Crippen molar-refractivity contribution in [2.45, 2.75) is 27.7 Å². The maximum atomic E-state index is 10.5.